The van der Waals surface area contributed by atoms with Crippen molar-refractivity contribution in [1.29, 1.82) is 0 Å². The summed E-state index contributed by atoms with van der Waals surface area (Å²) in [5, 5.41) is 3.41. The molecule has 0 spiro atoms. The van der Waals surface area contributed by atoms with Crippen LogP contribution in [0.25, 0.3) is 0 Å². The number of hydrogen-bond acceptors (Lipinski definition) is 3. The van der Waals surface area contributed by atoms with Gasteiger partial charge >= 0.3 is 5.97 Å². The maximum Gasteiger partial charge on any atom is 0.333 e. The lowest BCUT2D eigenvalue weighted by Crippen LogP contribution is -2.35. The van der Waals surface area contributed by atoms with Gasteiger partial charge in [-0.05, 0) is 31.7 Å². The summed E-state index contributed by atoms with van der Waals surface area (Å²) in [6.07, 6.45) is 5.44. The smallest absolute Gasteiger partial charge is 0.333 e. The molecule has 0 aromatic carbocycles. The largest absolute Gasteiger partial charge is 0.466 e. The third kappa shape index (κ3) is 1.91. The van der Waals surface area contributed by atoms with Crippen LogP contribution in [0, 0.1) is 5.92 Å². The monoisotopic (exact) mass is 181 g/mol. The molecule has 0 aromatic rings. The van der Waals surface area contributed by atoms with E-state index in [1.807, 2.05) is 6.08 Å². The summed E-state index contributed by atoms with van der Waals surface area (Å²) in [6, 6.07) is 0.419. The van der Waals surface area contributed by atoms with Gasteiger partial charge in [-0.25, -0.2) is 4.79 Å². The SMILES string of the molecule is COC(=O)C1=CC(C2CC2)NCC1. The van der Waals surface area contributed by atoms with E-state index in [9.17, 15) is 4.79 Å². The number of nitrogens with one attached hydrogen (secondary N) is 1. The van der Waals surface area contributed by atoms with E-state index in [2.05, 4.69) is 5.32 Å². The summed E-state index contributed by atoms with van der Waals surface area (Å²) in [7, 11) is 1.44. The van der Waals surface area contributed by atoms with E-state index in [0.717, 1.165) is 24.5 Å². The average Bonchev–Trinajstić information content (AvgIpc) is 3.00. The lowest BCUT2D eigenvalue weighted by Gasteiger charge is -2.21. The van der Waals surface area contributed by atoms with Crippen molar-refractivity contribution in [2.75, 3.05) is 13.7 Å². The van der Waals surface area contributed by atoms with Gasteiger partial charge in [0, 0.05) is 11.6 Å². The lowest BCUT2D eigenvalue weighted by molar-refractivity contribution is -0.136. The number of rotatable bonds is 2. The van der Waals surface area contributed by atoms with Gasteiger partial charge in [0.05, 0.1) is 7.11 Å². The Morgan fingerprint density at radius 1 is 1.62 bits per heavy atom. The van der Waals surface area contributed by atoms with Crippen LogP contribution in [0.15, 0.2) is 11.6 Å². The fourth-order valence-electron chi connectivity index (χ4n) is 1.79. The highest BCUT2D eigenvalue weighted by atomic mass is 16.5. The second kappa shape index (κ2) is 3.50. The van der Waals surface area contributed by atoms with Crippen molar-refractivity contribution >= 4 is 5.97 Å². The molecule has 72 valence electrons. The molecule has 1 atom stereocenters. The van der Waals surface area contributed by atoms with Gasteiger partial charge < -0.3 is 10.1 Å². The number of hydrogen-bond donors (Lipinski definition) is 1. The molecular weight excluding hydrogens is 166 g/mol. The van der Waals surface area contributed by atoms with Crippen molar-refractivity contribution in [2.24, 2.45) is 5.92 Å². The van der Waals surface area contributed by atoms with Crippen molar-refractivity contribution < 1.29 is 9.53 Å². The Labute approximate surface area is 78.1 Å². The summed E-state index contributed by atoms with van der Waals surface area (Å²) in [5.74, 6) is 0.604. The predicted molar refractivity (Wildman–Crippen MR) is 49.2 cm³/mol. The van der Waals surface area contributed by atoms with Crippen molar-refractivity contribution in [3.63, 3.8) is 0 Å². The summed E-state index contributed by atoms with van der Waals surface area (Å²) in [5.41, 5.74) is 0.846. The van der Waals surface area contributed by atoms with Gasteiger partial charge in [-0.2, -0.15) is 0 Å². The van der Waals surface area contributed by atoms with Crippen molar-refractivity contribution in [3.05, 3.63) is 11.6 Å². The highest BCUT2D eigenvalue weighted by molar-refractivity contribution is 5.88. The first-order chi connectivity index (χ1) is 6.31. The summed E-state index contributed by atoms with van der Waals surface area (Å²) in [6.45, 7) is 0.905. The van der Waals surface area contributed by atoms with Gasteiger partial charge in [-0.3, -0.25) is 0 Å². The number of carbonyl (C=O) groups excluding carboxylic acids is 1. The third-order valence-corrected chi connectivity index (χ3v) is 2.73. The van der Waals surface area contributed by atoms with Gasteiger partial charge in [0.15, 0.2) is 0 Å². The van der Waals surface area contributed by atoms with Crippen LogP contribution in [-0.2, 0) is 9.53 Å². The fraction of sp³-hybridized carbons (Fsp3) is 0.700. The molecule has 0 amide bonds. The van der Waals surface area contributed by atoms with Crippen LogP contribution in [-0.4, -0.2) is 25.7 Å². The molecule has 2 rings (SSSR count). The molecule has 1 fully saturated rings. The minimum absolute atomic E-state index is 0.160. The molecule has 2 aliphatic rings. The molecule has 1 unspecified atom stereocenters. The van der Waals surface area contributed by atoms with E-state index in [1.165, 1.54) is 20.0 Å². The zero-order chi connectivity index (χ0) is 9.26. The Kier molecular flexibility index (Phi) is 2.36. The van der Waals surface area contributed by atoms with Crippen LogP contribution in [0.5, 0.6) is 0 Å². The quantitative estimate of drug-likeness (QED) is 0.642. The van der Waals surface area contributed by atoms with Crippen LogP contribution < -0.4 is 5.32 Å². The van der Waals surface area contributed by atoms with Gasteiger partial charge in [0.25, 0.3) is 0 Å². The van der Waals surface area contributed by atoms with Crippen molar-refractivity contribution in [3.8, 4) is 0 Å². The molecule has 3 nitrogen and oxygen atoms in total. The molecular formula is C10H15NO2. The van der Waals surface area contributed by atoms with E-state index in [0.29, 0.717) is 6.04 Å². The molecule has 0 aromatic heterocycles. The zero-order valence-electron chi connectivity index (χ0n) is 7.88. The maximum absolute atomic E-state index is 11.2. The summed E-state index contributed by atoms with van der Waals surface area (Å²) in [4.78, 5) is 11.2. The topological polar surface area (TPSA) is 38.3 Å². The zero-order valence-corrected chi connectivity index (χ0v) is 7.88. The Balaban J connectivity index is 2.04. The summed E-state index contributed by atoms with van der Waals surface area (Å²) >= 11 is 0. The number of methoxy groups -OCH3 is 1. The first-order valence-corrected chi connectivity index (χ1v) is 4.83. The molecule has 0 bridgehead atoms. The van der Waals surface area contributed by atoms with Crippen LogP contribution >= 0.6 is 0 Å². The van der Waals surface area contributed by atoms with Gasteiger partial charge in [-0.1, -0.05) is 6.08 Å². The molecule has 1 saturated carbocycles. The van der Waals surface area contributed by atoms with E-state index in [1.54, 1.807) is 0 Å². The first-order valence-electron chi connectivity index (χ1n) is 4.83. The lowest BCUT2D eigenvalue weighted by atomic mass is 10.0. The van der Waals surface area contributed by atoms with Crippen molar-refractivity contribution in [1.82, 2.24) is 5.32 Å². The van der Waals surface area contributed by atoms with Gasteiger partial charge in [-0.15, -0.1) is 0 Å². The Hall–Kier alpha value is -0.830. The van der Waals surface area contributed by atoms with Crippen molar-refractivity contribution in [2.45, 2.75) is 25.3 Å². The predicted octanol–water partition coefficient (Wildman–Crippen LogP) is 0.858. The molecule has 3 heteroatoms. The van der Waals surface area contributed by atoms with Crippen LogP contribution in [0.1, 0.15) is 19.3 Å². The number of ether oxygens (including phenoxy) is 1. The minimum atomic E-state index is -0.160. The van der Waals surface area contributed by atoms with Crippen LogP contribution in [0.2, 0.25) is 0 Å². The molecule has 0 saturated heterocycles. The fourth-order valence-corrected chi connectivity index (χ4v) is 1.79. The minimum Gasteiger partial charge on any atom is -0.466 e. The van der Waals surface area contributed by atoms with E-state index in [-0.39, 0.29) is 5.97 Å². The highest BCUT2D eigenvalue weighted by Gasteiger charge is 2.32. The Bertz CT molecular complexity index is 243. The van der Waals surface area contributed by atoms with Gasteiger partial charge in [0.1, 0.15) is 0 Å². The average molecular weight is 181 g/mol. The molecule has 1 N–H and O–H groups in total. The summed E-state index contributed by atoms with van der Waals surface area (Å²) < 4.78 is 4.70. The first kappa shape index (κ1) is 8.75. The second-order valence-corrected chi connectivity index (χ2v) is 3.75. The third-order valence-electron chi connectivity index (χ3n) is 2.73. The molecule has 1 heterocycles. The normalized spacial score (nSPS) is 28.1. The Morgan fingerprint density at radius 3 is 3.00 bits per heavy atom. The standard InChI is InChI=1S/C10H15NO2/c1-13-10(12)8-4-5-11-9(6-8)7-2-3-7/h6-7,9,11H,2-5H2,1H3. The van der Waals surface area contributed by atoms with E-state index in [4.69, 9.17) is 4.74 Å². The van der Waals surface area contributed by atoms with Crippen LogP contribution in [0.3, 0.4) is 0 Å². The maximum atomic E-state index is 11.2. The van der Waals surface area contributed by atoms with Crippen LogP contribution in [0.4, 0.5) is 0 Å². The number of esters is 1. The number of carbonyl (C=O) groups is 1. The molecule has 13 heavy (non-hydrogen) atoms. The molecule has 1 aliphatic heterocycles. The molecule has 0 radical (unpaired) electrons. The van der Waals surface area contributed by atoms with E-state index < -0.39 is 0 Å². The van der Waals surface area contributed by atoms with Gasteiger partial charge in [0.2, 0.25) is 0 Å². The molecule has 1 aliphatic carbocycles. The second-order valence-electron chi connectivity index (χ2n) is 3.75. The van der Waals surface area contributed by atoms with E-state index >= 15 is 0 Å². The Morgan fingerprint density at radius 2 is 2.38 bits per heavy atom. The highest BCUT2D eigenvalue weighted by Crippen LogP contribution is 2.34.